The first-order chi connectivity index (χ1) is 12.3. The van der Waals surface area contributed by atoms with Crippen molar-refractivity contribution in [1.29, 1.82) is 0 Å². The van der Waals surface area contributed by atoms with E-state index >= 15 is 0 Å². The molecule has 0 aliphatic heterocycles. The summed E-state index contributed by atoms with van der Waals surface area (Å²) in [4.78, 5) is 16.8. The van der Waals surface area contributed by atoms with Crippen LogP contribution < -0.4 is 10.6 Å². The number of aromatic nitrogens is 1. The molecule has 0 aliphatic rings. The summed E-state index contributed by atoms with van der Waals surface area (Å²) in [5, 5.41) is 8.24. The van der Waals surface area contributed by atoms with Crippen molar-refractivity contribution in [2.75, 3.05) is 10.6 Å². The molecule has 2 aromatic carbocycles. The van der Waals surface area contributed by atoms with E-state index in [1.807, 2.05) is 37.4 Å². The summed E-state index contributed by atoms with van der Waals surface area (Å²) < 4.78 is 0. The molecular formula is C21H23N3OS. The Morgan fingerprint density at radius 1 is 0.885 bits per heavy atom. The van der Waals surface area contributed by atoms with Gasteiger partial charge in [-0.1, -0.05) is 23.8 Å². The molecule has 0 atom stereocenters. The SMILES string of the molecule is Cc1cc(C)c(-c2csc(NC(=O)Nc3ccc(C)c(C)c3)n2)c(C)c1. The summed E-state index contributed by atoms with van der Waals surface area (Å²) in [5.41, 5.74) is 8.77. The van der Waals surface area contributed by atoms with Crippen molar-refractivity contribution in [3.8, 4) is 11.3 Å². The first-order valence-electron chi connectivity index (χ1n) is 8.52. The second-order valence-corrected chi connectivity index (χ2v) is 7.55. The minimum Gasteiger partial charge on any atom is -0.308 e. The second kappa shape index (κ2) is 7.30. The molecule has 4 nitrogen and oxygen atoms in total. The molecule has 1 heterocycles. The van der Waals surface area contributed by atoms with Gasteiger partial charge in [-0.2, -0.15) is 0 Å². The third-order valence-corrected chi connectivity index (χ3v) is 5.18. The van der Waals surface area contributed by atoms with E-state index < -0.39 is 0 Å². The largest absolute Gasteiger partial charge is 0.325 e. The Morgan fingerprint density at radius 2 is 1.58 bits per heavy atom. The van der Waals surface area contributed by atoms with E-state index in [4.69, 9.17) is 0 Å². The minimum absolute atomic E-state index is 0.286. The number of benzene rings is 2. The Hall–Kier alpha value is -2.66. The first-order valence-corrected chi connectivity index (χ1v) is 9.40. The molecule has 1 aromatic heterocycles. The van der Waals surface area contributed by atoms with E-state index in [2.05, 4.69) is 48.5 Å². The van der Waals surface area contributed by atoms with Crippen LogP contribution in [0, 0.1) is 34.6 Å². The predicted octanol–water partition coefficient (Wildman–Crippen LogP) is 6.00. The molecule has 0 unspecified atom stereocenters. The molecule has 3 aromatic rings. The van der Waals surface area contributed by atoms with Crippen molar-refractivity contribution in [3.63, 3.8) is 0 Å². The molecule has 0 spiro atoms. The highest BCUT2D eigenvalue weighted by atomic mass is 32.1. The van der Waals surface area contributed by atoms with Crippen molar-refractivity contribution in [2.24, 2.45) is 0 Å². The maximum atomic E-state index is 12.2. The highest BCUT2D eigenvalue weighted by Gasteiger charge is 2.12. The lowest BCUT2D eigenvalue weighted by atomic mass is 9.98. The van der Waals surface area contributed by atoms with Crippen LogP contribution >= 0.6 is 11.3 Å². The maximum absolute atomic E-state index is 12.2. The highest BCUT2D eigenvalue weighted by Crippen LogP contribution is 2.31. The van der Waals surface area contributed by atoms with Crippen LogP contribution in [0.15, 0.2) is 35.7 Å². The van der Waals surface area contributed by atoms with E-state index in [0.29, 0.717) is 5.13 Å². The summed E-state index contributed by atoms with van der Waals surface area (Å²) in [7, 11) is 0. The Kier molecular flexibility index (Phi) is 5.09. The third kappa shape index (κ3) is 3.94. The van der Waals surface area contributed by atoms with Gasteiger partial charge in [-0.15, -0.1) is 11.3 Å². The van der Waals surface area contributed by atoms with E-state index in [1.54, 1.807) is 0 Å². The van der Waals surface area contributed by atoms with Crippen molar-refractivity contribution < 1.29 is 4.79 Å². The fourth-order valence-corrected chi connectivity index (χ4v) is 3.81. The van der Waals surface area contributed by atoms with Gasteiger partial charge in [0.25, 0.3) is 0 Å². The van der Waals surface area contributed by atoms with Gasteiger partial charge in [-0.05, 0) is 69.0 Å². The maximum Gasteiger partial charge on any atom is 0.325 e. The van der Waals surface area contributed by atoms with Gasteiger partial charge in [-0.3, -0.25) is 5.32 Å². The van der Waals surface area contributed by atoms with Crippen LogP contribution in [0.3, 0.4) is 0 Å². The zero-order chi connectivity index (χ0) is 18.8. The van der Waals surface area contributed by atoms with E-state index in [0.717, 1.165) is 22.5 Å². The molecule has 0 radical (unpaired) electrons. The quantitative estimate of drug-likeness (QED) is 0.598. The smallest absolute Gasteiger partial charge is 0.308 e. The molecule has 0 fully saturated rings. The van der Waals surface area contributed by atoms with Crippen molar-refractivity contribution in [1.82, 2.24) is 4.98 Å². The number of nitrogens with one attached hydrogen (secondary N) is 2. The van der Waals surface area contributed by atoms with Crippen LogP contribution in [0.1, 0.15) is 27.8 Å². The van der Waals surface area contributed by atoms with Gasteiger partial charge in [-0.25, -0.2) is 9.78 Å². The number of urea groups is 1. The zero-order valence-corrected chi connectivity index (χ0v) is 16.5. The van der Waals surface area contributed by atoms with Crippen LogP contribution in [-0.4, -0.2) is 11.0 Å². The molecule has 0 aliphatic carbocycles. The lowest BCUT2D eigenvalue weighted by Crippen LogP contribution is -2.19. The number of nitrogens with zero attached hydrogens (tertiary/aromatic N) is 1. The van der Waals surface area contributed by atoms with Gasteiger partial charge in [0.05, 0.1) is 5.69 Å². The number of anilines is 2. The molecule has 0 saturated carbocycles. The molecule has 3 rings (SSSR count). The highest BCUT2D eigenvalue weighted by molar-refractivity contribution is 7.14. The van der Waals surface area contributed by atoms with Gasteiger partial charge >= 0.3 is 6.03 Å². The molecule has 134 valence electrons. The van der Waals surface area contributed by atoms with Gasteiger partial charge in [0, 0.05) is 16.6 Å². The number of aryl methyl sites for hydroxylation is 5. The lowest BCUT2D eigenvalue weighted by molar-refractivity contribution is 0.262. The zero-order valence-electron chi connectivity index (χ0n) is 15.7. The van der Waals surface area contributed by atoms with Gasteiger partial charge in [0.1, 0.15) is 0 Å². The summed E-state index contributed by atoms with van der Waals surface area (Å²) >= 11 is 1.43. The average Bonchev–Trinajstić information content (AvgIpc) is 2.97. The van der Waals surface area contributed by atoms with E-state index in [1.165, 1.54) is 33.6 Å². The molecule has 26 heavy (non-hydrogen) atoms. The molecule has 0 bridgehead atoms. The Labute approximate surface area is 158 Å². The average molecular weight is 366 g/mol. The lowest BCUT2D eigenvalue weighted by Gasteiger charge is -2.09. The Morgan fingerprint density at radius 3 is 2.23 bits per heavy atom. The van der Waals surface area contributed by atoms with Crippen LogP contribution in [0.5, 0.6) is 0 Å². The standard InChI is InChI=1S/C21H23N3OS/c1-12-8-15(4)19(16(5)9-12)18-11-26-21(23-18)24-20(25)22-17-7-6-13(2)14(3)10-17/h6-11H,1-5H3,(H2,22,23,24,25). The van der Waals surface area contributed by atoms with Gasteiger partial charge in [0.15, 0.2) is 5.13 Å². The van der Waals surface area contributed by atoms with Crippen molar-refractivity contribution in [3.05, 3.63) is 63.5 Å². The topological polar surface area (TPSA) is 54.0 Å². The number of amides is 2. The fraction of sp³-hybridized carbons (Fsp3) is 0.238. The van der Waals surface area contributed by atoms with Crippen LogP contribution in [0.2, 0.25) is 0 Å². The molecule has 2 amide bonds. The van der Waals surface area contributed by atoms with Crippen molar-refractivity contribution in [2.45, 2.75) is 34.6 Å². The number of hydrogen-bond donors (Lipinski definition) is 2. The van der Waals surface area contributed by atoms with Gasteiger partial charge < -0.3 is 5.32 Å². The number of hydrogen-bond acceptors (Lipinski definition) is 3. The monoisotopic (exact) mass is 365 g/mol. The number of thiazole rings is 1. The van der Waals surface area contributed by atoms with Crippen LogP contribution in [0.4, 0.5) is 15.6 Å². The predicted molar refractivity (Wildman–Crippen MR) is 110 cm³/mol. The number of carbonyl (C=O) groups excluding carboxylic acids is 1. The second-order valence-electron chi connectivity index (χ2n) is 6.69. The third-order valence-electron chi connectivity index (χ3n) is 4.42. The fourth-order valence-electron chi connectivity index (χ4n) is 3.11. The summed E-state index contributed by atoms with van der Waals surface area (Å²) in [6.45, 7) is 10.3. The van der Waals surface area contributed by atoms with Crippen LogP contribution in [-0.2, 0) is 0 Å². The Balaban J connectivity index is 1.74. The molecule has 5 heteroatoms. The normalized spacial score (nSPS) is 10.7. The number of rotatable bonds is 3. The van der Waals surface area contributed by atoms with E-state index in [-0.39, 0.29) is 6.03 Å². The van der Waals surface area contributed by atoms with Crippen LogP contribution in [0.25, 0.3) is 11.3 Å². The summed E-state index contributed by atoms with van der Waals surface area (Å²) in [6, 6.07) is 9.87. The molecule has 0 saturated heterocycles. The molecular weight excluding hydrogens is 342 g/mol. The first kappa shape index (κ1) is 18.1. The van der Waals surface area contributed by atoms with Crippen molar-refractivity contribution >= 4 is 28.2 Å². The summed E-state index contributed by atoms with van der Waals surface area (Å²) in [6.07, 6.45) is 0. The minimum atomic E-state index is -0.286. The van der Waals surface area contributed by atoms with Gasteiger partial charge in [0.2, 0.25) is 0 Å². The summed E-state index contributed by atoms with van der Waals surface area (Å²) in [5.74, 6) is 0. The van der Waals surface area contributed by atoms with E-state index in [9.17, 15) is 4.79 Å². The molecule has 2 N–H and O–H groups in total. The number of carbonyl (C=O) groups is 1. The Bertz CT molecular complexity index is 952.